The van der Waals surface area contributed by atoms with Crippen LogP contribution in [0.1, 0.15) is 55.9 Å². The molecule has 1 N–H and O–H groups in total. The van der Waals surface area contributed by atoms with Crippen molar-refractivity contribution in [2.45, 2.75) is 45.1 Å². The Hall–Kier alpha value is -2.77. The second-order valence-corrected chi connectivity index (χ2v) is 7.24. The number of nitrogens with zero attached hydrogens (tertiary/aromatic N) is 3. The third kappa shape index (κ3) is 4.55. The maximum Gasteiger partial charge on any atom is 0.317 e. The Morgan fingerprint density at radius 1 is 1.21 bits per heavy atom. The van der Waals surface area contributed by atoms with E-state index < -0.39 is 0 Å². The third-order valence-corrected chi connectivity index (χ3v) is 4.97. The van der Waals surface area contributed by atoms with E-state index in [9.17, 15) is 4.79 Å². The van der Waals surface area contributed by atoms with Crippen LogP contribution in [0.5, 0.6) is 11.5 Å². The minimum atomic E-state index is -0.0679. The highest BCUT2D eigenvalue weighted by molar-refractivity contribution is 5.74. The van der Waals surface area contributed by atoms with Gasteiger partial charge in [-0.05, 0) is 30.5 Å². The van der Waals surface area contributed by atoms with Crippen molar-refractivity contribution in [1.82, 2.24) is 20.4 Å². The number of piperidine rings is 1. The lowest BCUT2D eigenvalue weighted by atomic mass is 9.97. The molecule has 8 nitrogen and oxygen atoms in total. The molecule has 0 atom stereocenters. The molecule has 1 aliphatic heterocycles. The summed E-state index contributed by atoms with van der Waals surface area (Å²) >= 11 is 0. The van der Waals surface area contributed by atoms with E-state index in [2.05, 4.69) is 15.5 Å². The van der Waals surface area contributed by atoms with E-state index in [1.165, 1.54) is 0 Å². The van der Waals surface area contributed by atoms with Crippen molar-refractivity contribution in [2.75, 3.05) is 27.3 Å². The number of hydrogen-bond donors (Lipinski definition) is 1. The molecule has 0 unspecified atom stereocenters. The molecule has 0 aliphatic carbocycles. The molecule has 0 saturated carbocycles. The van der Waals surface area contributed by atoms with Gasteiger partial charge in [0.1, 0.15) is 0 Å². The predicted molar refractivity (Wildman–Crippen MR) is 104 cm³/mol. The quantitative estimate of drug-likeness (QED) is 0.817. The van der Waals surface area contributed by atoms with E-state index >= 15 is 0 Å². The van der Waals surface area contributed by atoms with Gasteiger partial charge in [-0.15, -0.1) is 10.2 Å². The second kappa shape index (κ2) is 8.95. The van der Waals surface area contributed by atoms with Gasteiger partial charge in [-0.1, -0.05) is 19.9 Å². The molecule has 1 aromatic carbocycles. The van der Waals surface area contributed by atoms with Gasteiger partial charge in [0.2, 0.25) is 11.8 Å². The molecule has 2 amide bonds. The fourth-order valence-corrected chi connectivity index (χ4v) is 3.25. The lowest BCUT2D eigenvalue weighted by molar-refractivity contribution is 0.176. The maximum absolute atomic E-state index is 12.5. The lowest BCUT2D eigenvalue weighted by Crippen LogP contribution is -2.43. The van der Waals surface area contributed by atoms with E-state index in [0.717, 1.165) is 18.4 Å². The smallest absolute Gasteiger partial charge is 0.317 e. The largest absolute Gasteiger partial charge is 0.493 e. The molecule has 1 saturated heterocycles. The van der Waals surface area contributed by atoms with Crippen LogP contribution < -0.4 is 14.8 Å². The highest BCUT2D eigenvalue weighted by atomic mass is 16.5. The van der Waals surface area contributed by atoms with Gasteiger partial charge in [-0.3, -0.25) is 0 Å². The summed E-state index contributed by atoms with van der Waals surface area (Å²) in [5, 5.41) is 11.3. The SMILES string of the molecule is COc1ccc(CNC(=O)N2CCC(c3nnc(C(C)C)o3)CC2)cc1OC. The molecular formula is C20H28N4O4. The van der Waals surface area contributed by atoms with Crippen LogP contribution in [0.25, 0.3) is 0 Å². The van der Waals surface area contributed by atoms with Crippen molar-refractivity contribution in [3.05, 3.63) is 35.5 Å². The summed E-state index contributed by atoms with van der Waals surface area (Å²) in [6.45, 7) is 5.83. The molecule has 28 heavy (non-hydrogen) atoms. The number of ether oxygens (including phenoxy) is 2. The number of nitrogens with one attached hydrogen (secondary N) is 1. The molecule has 0 radical (unpaired) electrons. The normalized spacial score (nSPS) is 15.0. The van der Waals surface area contributed by atoms with Gasteiger partial charge in [-0.25, -0.2) is 4.79 Å². The first kappa shape index (κ1) is 20.0. The second-order valence-electron chi connectivity index (χ2n) is 7.24. The number of methoxy groups -OCH3 is 2. The first-order valence-corrected chi connectivity index (χ1v) is 9.58. The Morgan fingerprint density at radius 3 is 2.54 bits per heavy atom. The summed E-state index contributed by atoms with van der Waals surface area (Å²) in [6.07, 6.45) is 1.65. The van der Waals surface area contributed by atoms with Gasteiger partial charge in [0.05, 0.1) is 14.2 Å². The summed E-state index contributed by atoms with van der Waals surface area (Å²) in [5.74, 6) is 3.12. The first-order chi connectivity index (χ1) is 13.5. The zero-order chi connectivity index (χ0) is 20.1. The minimum Gasteiger partial charge on any atom is -0.493 e. The fraction of sp³-hybridized carbons (Fsp3) is 0.550. The number of carbonyl (C=O) groups is 1. The standard InChI is InChI=1S/C20H28N4O4/c1-13(2)18-22-23-19(28-18)15-7-9-24(10-8-15)20(25)21-12-14-5-6-16(26-3)17(11-14)27-4/h5-6,11,13,15H,7-10,12H2,1-4H3,(H,21,25). The monoisotopic (exact) mass is 388 g/mol. The molecule has 1 aromatic heterocycles. The number of hydrogen-bond acceptors (Lipinski definition) is 6. The van der Waals surface area contributed by atoms with Crippen LogP contribution in [-0.2, 0) is 6.54 Å². The fourth-order valence-electron chi connectivity index (χ4n) is 3.25. The zero-order valence-corrected chi connectivity index (χ0v) is 16.9. The lowest BCUT2D eigenvalue weighted by Gasteiger charge is -2.30. The molecular weight excluding hydrogens is 360 g/mol. The summed E-state index contributed by atoms with van der Waals surface area (Å²) < 4.78 is 16.3. The van der Waals surface area contributed by atoms with Crippen molar-refractivity contribution in [1.29, 1.82) is 0 Å². The van der Waals surface area contributed by atoms with Crippen molar-refractivity contribution in [2.24, 2.45) is 0 Å². The Balaban J connectivity index is 1.50. The molecule has 1 aliphatic rings. The van der Waals surface area contributed by atoms with E-state index in [1.807, 2.05) is 36.9 Å². The van der Waals surface area contributed by atoms with E-state index in [0.29, 0.717) is 42.9 Å². The van der Waals surface area contributed by atoms with Gasteiger partial charge in [-0.2, -0.15) is 0 Å². The Kier molecular flexibility index (Phi) is 6.38. The number of benzene rings is 1. The van der Waals surface area contributed by atoms with Crippen molar-refractivity contribution < 1.29 is 18.7 Å². The molecule has 2 aromatic rings. The Bertz CT molecular complexity index is 797. The number of amides is 2. The highest BCUT2D eigenvalue weighted by Gasteiger charge is 2.27. The summed E-state index contributed by atoms with van der Waals surface area (Å²) in [4.78, 5) is 14.3. The Morgan fingerprint density at radius 2 is 1.93 bits per heavy atom. The van der Waals surface area contributed by atoms with Gasteiger partial charge in [0.15, 0.2) is 11.5 Å². The maximum atomic E-state index is 12.5. The van der Waals surface area contributed by atoms with Crippen LogP contribution in [-0.4, -0.2) is 48.4 Å². The molecule has 8 heteroatoms. The number of rotatable bonds is 6. The topological polar surface area (TPSA) is 89.7 Å². The van der Waals surface area contributed by atoms with Crippen LogP contribution in [0.3, 0.4) is 0 Å². The summed E-state index contributed by atoms with van der Waals surface area (Å²) in [7, 11) is 3.19. The number of carbonyl (C=O) groups excluding carboxylic acids is 1. The summed E-state index contributed by atoms with van der Waals surface area (Å²) in [5.41, 5.74) is 0.952. The van der Waals surface area contributed by atoms with Crippen LogP contribution >= 0.6 is 0 Å². The van der Waals surface area contributed by atoms with Crippen molar-refractivity contribution in [3.8, 4) is 11.5 Å². The number of likely N-dealkylation sites (tertiary alicyclic amines) is 1. The molecule has 152 valence electrons. The van der Waals surface area contributed by atoms with Crippen LogP contribution in [0.2, 0.25) is 0 Å². The van der Waals surface area contributed by atoms with Gasteiger partial charge >= 0.3 is 6.03 Å². The zero-order valence-electron chi connectivity index (χ0n) is 16.9. The predicted octanol–water partition coefficient (Wildman–Crippen LogP) is 3.30. The average molecular weight is 388 g/mol. The van der Waals surface area contributed by atoms with Crippen LogP contribution in [0.15, 0.2) is 22.6 Å². The van der Waals surface area contributed by atoms with Crippen molar-refractivity contribution >= 4 is 6.03 Å². The molecule has 1 fully saturated rings. The van der Waals surface area contributed by atoms with Crippen LogP contribution in [0, 0.1) is 0 Å². The minimum absolute atomic E-state index is 0.0679. The van der Waals surface area contributed by atoms with Crippen molar-refractivity contribution in [3.63, 3.8) is 0 Å². The van der Waals surface area contributed by atoms with E-state index in [1.54, 1.807) is 14.2 Å². The van der Waals surface area contributed by atoms with E-state index in [-0.39, 0.29) is 17.9 Å². The number of urea groups is 1. The Labute approximate surface area is 165 Å². The average Bonchev–Trinajstić information content (AvgIpc) is 3.22. The molecule has 0 bridgehead atoms. The van der Waals surface area contributed by atoms with Gasteiger partial charge < -0.3 is 24.1 Å². The van der Waals surface area contributed by atoms with Crippen LogP contribution in [0.4, 0.5) is 4.79 Å². The van der Waals surface area contributed by atoms with Gasteiger partial charge in [0.25, 0.3) is 0 Å². The molecule has 3 rings (SSSR count). The van der Waals surface area contributed by atoms with Gasteiger partial charge in [0, 0.05) is 31.5 Å². The first-order valence-electron chi connectivity index (χ1n) is 9.58. The summed E-state index contributed by atoms with van der Waals surface area (Å²) in [6, 6.07) is 5.55. The molecule has 2 heterocycles. The molecule has 0 spiro atoms. The highest BCUT2D eigenvalue weighted by Crippen LogP contribution is 2.29. The van der Waals surface area contributed by atoms with E-state index in [4.69, 9.17) is 13.9 Å². The number of aromatic nitrogens is 2. The third-order valence-electron chi connectivity index (χ3n) is 4.97.